The largest absolute Gasteiger partial charge is 0.355 e. The van der Waals surface area contributed by atoms with Crippen LogP contribution in [0, 0.1) is 6.85 Å². The van der Waals surface area contributed by atoms with Gasteiger partial charge in [0.15, 0.2) is 0 Å². The summed E-state index contributed by atoms with van der Waals surface area (Å²) in [4.78, 5) is 9.26. The quantitative estimate of drug-likeness (QED) is 0.238. The molecule has 0 unspecified atom stereocenters. The molecule has 4 aromatic carbocycles. The third kappa shape index (κ3) is 3.70. The molecule has 0 N–H and O–H groups in total. The molecule has 7 rings (SSSR count). The van der Waals surface area contributed by atoms with E-state index >= 15 is 0 Å². The molecule has 0 radical (unpaired) electrons. The number of para-hydroxylation sites is 3. The molecule has 192 valence electrons. The number of hydrogen-bond acceptors (Lipinski definition) is 3. The first-order valence-corrected chi connectivity index (χ1v) is 13.3. The predicted molar refractivity (Wildman–Crippen MR) is 164 cm³/mol. The molecule has 1 aliphatic heterocycles. The van der Waals surface area contributed by atoms with Crippen LogP contribution < -0.4 is 9.80 Å². The van der Waals surface area contributed by atoms with E-state index in [4.69, 9.17) is 4.11 Å². The summed E-state index contributed by atoms with van der Waals surface area (Å²) < 4.78 is 25.9. The van der Waals surface area contributed by atoms with E-state index in [0.717, 1.165) is 28.5 Å². The maximum Gasteiger partial charge on any atom is 0.137 e. The van der Waals surface area contributed by atoms with Crippen molar-refractivity contribution in [3.05, 3.63) is 126 Å². The van der Waals surface area contributed by atoms with Gasteiger partial charge < -0.3 is 9.80 Å². The van der Waals surface area contributed by atoms with Crippen molar-refractivity contribution < 1.29 is 4.11 Å². The number of nitrogens with zero attached hydrogens (tertiary/aromatic N) is 4. The Hall–Kier alpha value is -4.57. The van der Waals surface area contributed by atoms with Gasteiger partial charge >= 0.3 is 0 Å². The molecule has 0 saturated carbocycles. The average molecular weight is 512 g/mol. The summed E-state index contributed by atoms with van der Waals surface area (Å²) >= 11 is 0. The first-order valence-electron chi connectivity index (χ1n) is 14.8. The Morgan fingerprint density at radius 2 is 1.51 bits per heavy atom. The fourth-order valence-electron chi connectivity index (χ4n) is 5.98. The topological polar surface area (TPSA) is 24.3 Å². The van der Waals surface area contributed by atoms with Gasteiger partial charge in [0, 0.05) is 39.2 Å². The Balaban J connectivity index is 1.36. The van der Waals surface area contributed by atoms with Crippen molar-refractivity contribution in [1.29, 1.82) is 0 Å². The zero-order chi connectivity index (χ0) is 29.2. The first kappa shape index (κ1) is 20.4. The molecule has 0 saturated heterocycles. The molecule has 0 amide bonds. The average Bonchev–Trinajstić information content (AvgIpc) is 3.51. The molecule has 0 bridgehead atoms. The van der Waals surface area contributed by atoms with Crippen LogP contribution in [0.15, 0.2) is 109 Å². The Kier molecular flexibility index (Phi) is 4.57. The molecule has 4 heteroatoms. The van der Waals surface area contributed by atoms with E-state index in [2.05, 4.69) is 119 Å². The van der Waals surface area contributed by atoms with E-state index in [1.165, 1.54) is 28.2 Å². The summed E-state index contributed by atoms with van der Waals surface area (Å²) in [5.41, 5.74) is 7.98. The molecular weight excluding hydrogens is 476 g/mol. The van der Waals surface area contributed by atoms with Crippen molar-refractivity contribution in [1.82, 2.24) is 9.55 Å². The zero-order valence-electron chi connectivity index (χ0n) is 25.4. The highest BCUT2D eigenvalue weighted by Gasteiger charge is 2.28. The highest BCUT2D eigenvalue weighted by Crippen LogP contribution is 2.42. The van der Waals surface area contributed by atoms with Crippen molar-refractivity contribution in [3.8, 4) is 5.82 Å². The van der Waals surface area contributed by atoms with Crippen LogP contribution in [0.4, 0.5) is 17.1 Å². The number of hydrogen-bond donors (Lipinski definition) is 0. The minimum absolute atomic E-state index is 0.279. The van der Waals surface area contributed by atoms with Gasteiger partial charge in [-0.1, -0.05) is 68.4 Å². The fourth-order valence-corrected chi connectivity index (χ4v) is 5.98. The Morgan fingerprint density at radius 1 is 0.744 bits per heavy atom. The van der Waals surface area contributed by atoms with Gasteiger partial charge in [-0.25, -0.2) is 4.98 Å². The Labute approximate surface area is 234 Å². The number of aryl methyl sites for hydroxylation is 1. The normalized spacial score (nSPS) is 14.9. The molecule has 3 heterocycles. The van der Waals surface area contributed by atoms with E-state index in [1.807, 2.05) is 12.1 Å². The number of anilines is 3. The fraction of sp³-hybridized carbons (Fsp3) is 0.171. The molecular formula is C35H32N4. The predicted octanol–water partition coefficient (Wildman–Crippen LogP) is 8.36. The summed E-state index contributed by atoms with van der Waals surface area (Å²) in [5.74, 6) is 0.601. The third-order valence-corrected chi connectivity index (χ3v) is 8.19. The van der Waals surface area contributed by atoms with Crippen LogP contribution in [0.5, 0.6) is 0 Å². The van der Waals surface area contributed by atoms with E-state index in [0.29, 0.717) is 5.82 Å². The number of benzene rings is 4. The lowest BCUT2D eigenvalue weighted by Crippen LogP contribution is -2.25. The molecule has 6 aromatic rings. The molecule has 39 heavy (non-hydrogen) atoms. The van der Waals surface area contributed by atoms with Crippen LogP contribution >= 0.6 is 0 Å². The summed E-state index contributed by atoms with van der Waals surface area (Å²) in [5, 5.41) is 2.22. The molecule has 1 aliphatic rings. The van der Waals surface area contributed by atoms with Gasteiger partial charge in [0.25, 0.3) is 0 Å². The van der Waals surface area contributed by atoms with Gasteiger partial charge in [0.1, 0.15) is 5.82 Å². The van der Waals surface area contributed by atoms with Crippen molar-refractivity contribution in [2.75, 3.05) is 23.5 Å². The third-order valence-electron chi connectivity index (χ3n) is 8.19. The monoisotopic (exact) mass is 511 g/mol. The Morgan fingerprint density at radius 3 is 2.38 bits per heavy atom. The number of pyridine rings is 1. The van der Waals surface area contributed by atoms with Gasteiger partial charge in [-0.15, -0.1) is 0 Å². The van der Waals surface area contributed by atoms with Gasteiger partial charge in [-0.3, -0.25) is 4.57 Å². The molecule has 4 nitrogen and oxygen atoms in total. The van der Waals surface area contributed by atoms with Gasteiger partial charge in [-0.05, 0) is 72.1 Å². The van der Waals surface area contributed by atoms with Crippen LogP contribution in [0.2, 0.25) is 0 Å². The molecule has 0 aliphatic carbocycles. The minimum Gasteiger partial charge on any atom is -0.355 e. The molecule has 0 fully saturated rings. The smallest absolute Gasteiger partial charge is 0.137 e. The number of rotatable bonds is 4. The second kappa shape index (κ2) is 8.74. The van der Waals surface area contributed by atoms with Crippen LogP contribution in [-0.4, -0.2) is 23.3 Å². The van der Waals surface area contributed by atoms with E-state index in [1.54, 1.807) is 18.3 Å². The van der Waals surface area contributed by atoms with Crippen molar-refractivity contribution in [2.45, 2.75) is 26.1 Å². The standard InChI is InChI=1S/C35H32N4/c1-24-18-19-36-34(20-24)39-30-13-6-5-12-28(30)29-17-16-26(22-33(29)39)35(2,3)25-10-9-11-27(21-25)38-23-37(4)31-14-7-8-15-32(31)38/h5-22H,23H2,1-4H3/i1D3. The number of fused-ring (bicyclic) bond motifs is 4. The lowest BCUT2D eigenvalue weighted by molar-refractivity contribution is 0.641. The van der Waals surface area contributed by atoms with Crippen LogP contribution in [0.25, 0.3) is 27.6 Å². The number of aromatic nitrogens is 2. The summed E-state index contributed by atoms with van der Waals surface area (Å²) in [6.07, 6.45) is 1.59. The maximum atomic E-state index is 7.95. The molecule has 0 spiro atoms. The first-order chi connectivity index (χ1) is 20.1. The highest BCUT2D eigenvalue weighted by molar-refractivity contribution is 6.09. The van der Waals surface area contributed by atoms with Crippen molar-refractivity contribution in [3.63, 3.8) is 0 Å². The lowest BCUT2D eigenvalue weighted by atomic mass is 9.77. The minimum atomic E-state index is -2.21. The van der Waals surface area contributed by atoms with E-state index in [9.17, 15) is 0 Å². The maximum absolute atomic E-state index is 7.95. The van der Waals surface area contributed by atoms with Crippen molar-refractivity contribution >= 4 is 38.9 Å². The van der Waals surface area contributed by atoms with Gasteiger partial charge in [0.2, 0.25) is 0 Å². The summed E-state index contributed by atoms with van der Waals surface area (Å²) in [6, 6.07) is 35.5. The summed E-state index contributed by atoms with van der Waals surface area (Å²) in [6.45, 7) is 3.12. The van der Waals surface area contributed by atoms with Gasteiger partial charge in [0.05, 0.1) is 29.1 Å². The molecule has 2 aromatic heterocycles. The second-order valence-electron chi connectivity index (χ2n) is 10.9. The zero-order valence-corrected chi connectivity index (χ0v) is 22.4. The Bertz CT molecular complexity index is 1970. The lowest BCUT2D eigenvalue weighted by Gasteiger charge is -2.28. The highest BCUT2D eigenvalue weighted by atomic mass is 15.4. The molecule has 0 atom stereocenters. The second-order valence-corrected chi connectivity index (χ2v) is 10.9. The SMILES string of the molecule is [2H]C([2H])([2H])c1ccnc(-n2c3ccccc3c3ccc(C(C)(C)c4cccc(N5CN(C)c6ccccc65)c4)cc32)c1. The van der Waals surface area contributed by atoms with Crippen molar-refractivity contribution in [2.24, 2.45) is 0 Å². The van der Waals surface area contributed by atoms with E-state index < -0.39 is 6.85 Å². The van der Waals surface area contributed by atoms with Crippen LogP contribution in [0.3, 0.4) is 0 Å². The summed E-state index contributed by atoms with van der Waals surface area (Å²) in [7, 11) is 2.13. The van der Waals surface area contributed by atoms with Gasteiger partial charge in [-0.2, -0.15) is 0 Å². The van der Waals surface area contributed by atoms with Crippen LogP contribution in [0.1, 0.15) is 34.7 Å². The van der Waals surface area contributed by atoms with E-state index in [-0.39, 0.29) is 11.0 Å². The van der Waals surface area contributed by atoms with Crippen LogP contribution in [-0.2, 0) is 5.41 Å².